The summed E-state index contributed by atoms with van der Waals surface area (Å²) in [5.41, 5.74) is 0.677. The fraction of sp³-hybridized carbons (Fsp3) is 0.440. The van der Waals surface area contributed by atoms with Gasteiger partial charge in [-0.1, -0.05) is 30.3 Å². The number of imidazole rings is 1. The molecule has 0 saturated carbocycles. The lowest BCUT2D eigenvalue weighted by molar-refractivity contribution is 0.0191. The Morgan fingerprint density at radius 3 is 2.76 bits per heavy atom. The Bertz CT molecular complexity index is 1090. The SMILES string of the molecule is CC(Nc1nccc(-n2ccnc2Cc2ccccc2)n1)C1CN(C(=O)OC(C)(C)C)CCN1. The van der Waals surface area contributed by atoms with Gasteiger partial charge in [0.25, 0.3) is 0 Å². The maximum Gasteiger partial charge on any atom is 0.410 e. The van der Waals surface area contributed by atoms with Gasteiger partial charge in [0.15, 0.2) is 0 Å². The Balaban J connectivity index is 1.42. The zero-order valence-corrected chi connectivity index (χ0v) is 20.2. The van der Waals surface area contributed by atoms with Crippen molar-refractivity contribution in [2.75, 3.05) is 25.0 Å². The van der Waals surface area contributed by atoms with Gasteiger partial charge in [-0.2, -0.15) is 4.98 Å². The number of rotatable bonds is 6. The number of carbonyl (C=O) groups is 1. The molecular weight excluding hydrogens is 430 g/mol. The normalized spacial score (nSPS) is 17.3. The van der Waals surface area contributed by atoms with Crippen molar-refractivity contribution in [2.45, 2.75) is 51.8 Å². The standard InChI is InChI=1S/C25H33N7O2/c1-18(20-17-31(14-12-26-20)24(33)34-25(2,3)4)29-23-28-11-10-21(30-23)32-15-13-27-22(32)16-19-8-6-5-7-9-19/h5-11,13,15,18,20,26H,12,14,16-17H2,1-4H3,(H,28,29,30). The number of nitrogens with zero attached hydrogens (tertiary/aromatic N) is 5. The molecular formula is C25H33N7O2. The van der Waals surface area contributed by atoms with E-state index in [1.54, 1.807) is 17.3 Å². The van der Waals surface area contributed by atoms with Crippen LogP contribution in [0.3, 0.4) is 0 Å². The Morgan fingerprint density at radius 1 is 1.21 bits per heavy atom. The van der Waals surface area contributed by atoms with Crippen LogP contribution in [0.2, 0.25) is 0 Å². The molecule has 2 N–H and O–H groups in total. The number of amides is 1. The van der Waals surface area contributed by atoms with E-state index in [1.165, 1.54) is 5.56 Å². The molecule has 34 heavy (non-hydrogen) atoms. The predicted molar refractivity (Wildman–Crippen MR) is 131 cm³/mol. The van der Waals surface area contributed by atoms with E-state index < -0.39 is 5.60 Å². The van der Waals surface area contributed by atoms with Gasteiger partial charge in [0, 0.05) is 56.7 Å². The molecule has 2 aromatic heterocycles. The predicted octanol–water partition coefficient (Wildman–Crippen LogP) is 3.26. The van der Waals surface area contributed by atoms with Crippen molar-refractivity contribution < 1.29 is 9.53 Å². The summed E-state index contributed by atoms with van der Waals surface area (Å²) < 4.78 is 7.52. The number of aromatic nitrogens is 4. The van der Waals surface area contributed by atoms with E-state index >= 15 is 0 Å². The van der Waals surface area contributed by atoms with E-state index in [0.29, 0.717) is 32.0 Å². The fourth-order valence-electron chi connectivity index (χ4n) is 3.91. The van der Waals surface area contributed by atoms with Crippen LogP contribution in [0.5, 0.6) is 0 Å². The zero-order chi connectivity index (χ0) is 24.1. The van der Waals surface area contributed by atoms with Crippen molar-refractivity contribution in [3.63, 3.8) is 0 Å². The lowest BCUT2D eigenvalue weighted by atomic mass is 10.1. The number of ether oxygens (including phenoxy) is 1. The third-order valence-electron chi connectivity index (χ3n) is 5.63. The van der Waals surface area contributed by atoms with Gasteiger partial charge in [-0.3, -0.25) is 4.57 Å². The van der Waals surface area contributed by atoms with E-state index in [4.69, 9.17) is 9.72 Å². The van der Waals surface area contributed by atoms with E-state index in [2.05, 4.69) is 39.7 Å². The van der Waals surface area contributed by atoms with Crippen molar-refractivity contribution in [3.8, 4) is 5.82 Å². The maximum absolute atomic E-state index is 12.5. The fourth-order valence-corrected chi connectivity index (χ4v) is 3.91. The van der Waals surface area contributed by atoms with Crippen LogP contribution in [0.4, 0.5) is 10.7 Å². The van der Waals surface area contributed by atoms with Crippen molar-refractivity contribution in [1.82, 2.24) is 29.7 Å². The molecule has 1 aromatic carbocycles. The quantitative estimate of drug-likeness (QED) is 0.579. The molecule has 180 valence electrons. The summed E-state index contributed by atoms with van der Waals surface area (Å²) in [6, 6.07) is 12.1. The highest BCUT2D eigenvalue weighted by Crippen LogP contribution is 2.16. The highest BCUT2D eigenvalue weighted by atomic mass is 16.6. The largest absolute Gasteiger partial charge is 0.444 e. The van der Waals surface area contributed by atoms with Crippen LogP contribution in [0, 0.1) is 0 Å². The van der Waals surface area contributed by atoms with Crippen molar-refractivity contribution in [2.24, 2.45) is 0 Å². The summed E-state index contributed by atoms with van der Waals surface area (Å²) >= 11 is 0. The second-order valence-electron chi connectivity index (χ2n) is 9.53. The van der Waals surface area contributed by atoms with Crippen LogP contribution in [0.15, 0.2) is 55.0 Å². The van der Waals surface area contributed by atoms with Crippen LogP contribution in [0.1, 0.15) is 39.1 Å². The molecule has 0 bridgehead atoms. The number of carbonyl (C=O) groups excluding carboxylic acids is 1. The highest BCUT2D eigenvalue weighted by molar-refractivity contribution is 5.68. The molecule has 1 amide bonds. The highest BCUT2D eigenvalue weighted by Gasteiger charge is 2.30. The monoisotopic (exact) mass is 463 g/mol. The number of hydrogen-bond acceptors (Lipinski definition) is 7. The number of benzene rings is 1. The maximum atomic E-state index is 12.5. The van der Waals surface area contributed by atoms with E-state index in [9.17, 15) is 4.79 Å². The van der Waals surface area contributed by atoms with Crippen molar-refractivity contribution in [3.05, 3.63) is 66.4 Å². The van der Waals surface area contributed by atoms with Crippen LogP contribution >= 0.6 is 0 Å². The first-order chi connectivity index (χ1) is 16.3. The molecule has 0 spiro atoms. The molecule has 4 rings (SSSR count). The van der Waals surface area contributed by atoms with Crippen molar-refractivity contribution in [1.29, 1.82) is 0 Å². The average molecular weight is 464 g/mol. The average Bonchev–Trinajstić information content (AvgIpc) is 3.27. The summed E-state index contributed by atoms with van der Waals surface area (Å²) in [7, 11) is 0. The van der Waals surface area contributed by atoms with Gasteiger partial charge in [-0.15, -0.1) is 0 Å². The first-order valence-corrected chi connectivity index (χ1v) is 11.7. The summed E-state index contributed by atoms with van der Waals surface area (Å²) in [6.07, 6.45) is 5.87. The number of nitrogens with one attached hydrogen (secondary N) is 2. The Hall–Kier alpha value is -3.46. The topological polar surface area (TPSA) is 97.2 Å². The van der Waals surface area contributed by atoms with Gasteiger partial charge in [0.1, 0.15) is 17.2 Å². The number of anilines is 1. The van der Waals surface area contributed by atoms with Crippen molar-refractivity contribution >= 4 is 12.0 Å². The minimum Gasteiger partial charge on any atom is -0.444 e. The molecule has 1 fully saturated rings. The van der Waals surface area contributed by atoms with E-state index in [1.807, 2.05) is 55.8 Å². The van der Waals surface area contributed by atoms with Gasteiger partial charge in [-0.05, 0) is 39.3 Å². The Labute approximate surface area is 200 Å². The summed E-state index contributed by atoms with van der Waals surface area (Å²) in [5.74, 6) is 2.19. The van der Waals surface area contributed by atoms with Gasteiger partial charge < -0.3 is 20.3 Å². The molecule has 0 aliphatic carbocycles. The Morgan fingerprint density at radius 2 is 2.00 bits per heavy atom. The second kappa shape index (κ2) is 10.2. The molecule has 9 nitrogen and oxygen atoms in total. The number of piperazine rings is 1. The minimum atomic E-state index is -0.512. The molecule has 1 aliphatic heterocycles. The zero-order valence-electron chi connectivity index (χ0n) is 20.2. The first-order valence-electron chi connectivity index (χ1n) is 11.7. The molecule has 9 heteroatoms. The van der Waals surface area contributed by atoms with Crippen LogP contribution in [0.25, 0.3) is 5.82 Å². The van der Waals surface area contributed by atoms with Crippen LogP contribution in [-0.4, -0.2) is 67.8 Å². The molecule has 2 atom stereocenters. The smallest absolute Gasteiger partial charge is 0.410 e. The van der Waals surface area contributed by atoms with Gasteiger partial charge in [0.05, 0.1) is 0 Å². The lowest BCUT2D eigenvalue weighted by Gasteiger charge is -2.37. The minimum absolute atomic E-state index is 0.00735. The third-order valence-corrected chi connectivity index (χ3v) is 5.63. The molecule has 3 aromatic rings. The van der Waals surface area contributed by atoms with Crippen LogP contribution in [-0.2, 0) is 11.2 Å². The summed E-state index contributed by atoms with van der Waals surface area (Å²) in [4.78, 5) is 27.9. The lowest BCUT2D eigenvalue weighted by Crippen LogP contribution is -2.58. The molecule has 3 heterocycles. The summed E-state index contributed by atoms with van der Waals surface area (Å²) in [6.45, 7) is 9.57. The Kier molecular flexibility index (Phi) is 7.12. The van der Waals surface area contributed by atoms with Gasteiger partial charge in [0.2, 0.25) is 5.95 Å². The first kappa shape index (κ1) is 23.7. The molecule has 2 unspecified atom stereocenters. The number of hydrogen-bond donors (Lipinski definition) is 2. The van der Waals surface area contributed by atoms with E-state index in [-0.39, 0.29) is 18.2 Å². The van der Waals surface area contributed by atoms with Gasteiger partial charge in [-0.25, -0.2) is 14.8 Å². The summed E-state index contributed by atoms with van der Waals surface area (Å²) in [5, 5.41) is 6.88. The molecule has 1 saturated heterocycles. The molecule has 0 radical (unpaired) electrons. The molecule has 1 aliphatic rings. The van der Waals surface area contributed by atoms with Crippen LogP contribution < -0.4 is 10.6 Å². The second-order valence-corrected chi connectivity index (χ2v) is 9.53. The third kappa shape index (κ3) is 6.11. The van der Waals surface area contributed by atoms with Gasteiger partial charge >= 0.3 is 6.09 Å². The van der Waals surface area contributed by atoms with E-state index in [0.717, 1.165) is 11.6 Å².